The average molecular weight is 255 g/mol. The zero-order valence-electron chi connectivity index (χ0n) is 8.34. The van der Waals surface area contributed by atoms with Gasteiger partial charge in [0.2, 0.25) is 5.82 Å². The van der Waals surface area contributed by atoms with Crippen LogP contribution >= 0.6 is 11.6 Å². The lowest BCUT2D eigenvalue weighted by Crippen LogP contribution is -2.36. The summed E-state index contributed by atoms with van der Waals surface area (Å²) in [7, 11) is 0. The van der Waals surface area contributed by atoms with Crippen LogP contribution < -0.4 is 0 Å². The molecule has 90 valence electrons. The molecular formula is C8H10ClF3N4. The van der Waals surface area contributed by atoms with Crippen LogP contribution in [0.1, 0.15) is 11.6 Å². The van der Waals surface area contributed by atoms with E-state index >= 15 is 0 Å². The van der Waals surface area contributed by atoms with Crippen molar-refractivity contribution in [1.29, 1.82) is 0 Å². The van der Waals surface area contributed by atoms with E-state index in [2.05, 4.69) is 10.2 Å². The van der Waals surface area contributed by atoms with Crippen LogP contribution in [0.15, 0.2) is 0 Å². The predicted molar refractivity (Wildman–Crippen MR) is 51.0 cm³/mol. The third-order valence-electron chi connectivity index (χ3n) is 2.49. The molecule has 0 fully saturated rings. The molecule has 2 rings (SSSR count). The summed E-state index contributed by atoms with van der Waals surface area (Å²) in [6, 6.07) is 0. The van der Waals surface area contributed by atoms with Crippen molar-refractivity contribution in [3.05, 3.63) is 11.6 Å². The Hall–Kier alpha value is -0.820. The molecule has 0 saturated carbocycles. The molecule has 8 heteroatoms. The van der Waals surface area contributed by atoms with Gasteiger partial charge < -0.3 is 4.57 Å². The normalized spacial score (nSPS) is 17.5. The summed E-state index contributed by atoms with van der Waals surface area (Å²) in [5.74, 6) is -0.100. The second-order valence-electron chi connectivity index (χ2n) is 3.55. The van der Waals surface area contributed by atoms with Crippen molar-refractivity contribution in [3.8, 4) is 0 Å². The summed E-state index contributed by atoms with van der Waals surface area (Å²) in [5.41, 5.74) is 0. The van der Waals surface area contributed by atoms with Gasteiger partial charge in [0.1, 0.15) is 5.82 Å². The molecule has 1 aromatic heterocycles. The topological polar surface area (TPSA) is 34.0 Å². The molecule has 0 aromatic carbocycles. The van der Waals surface area contributed by atoms with Gasteiger partial charge in [-0.05, 0) is 0 Å². The minimum Gasteiger partial charge on any atom is -0.305 e. The second-order valence-corrected chi connectivity index (χ2v) is 3.93. The molecule has 1 aliphatic rings. The molecule has 0 atom stereocenters. The van der Waals surface area contributed by atoms with Crippen molar-refractivity contribution < 1.29 is 13.2 Å². The molecule has 1 aliphatic heterocycles. The summed E-state index contributed by atoms with van der Waals surface area (Å²) in [6.45, 7) is 1.82. The van der Waals surface area contributed by atoms with Crippen LogP contribution in [-0.4, -0.2) is 38.6 Å². The average Bonchev–Trinajstić information content (AvgIpc) is 2.60. The summed E-state index contributed by atoms with van der Waals surface area (Å²) in [6.07, 6.45) is -4.43. The van der Waals surface area contributed by atoms with Crippen LogP contribution in [0.4, 0.5) is 13.2 Å². The van der Waals surface area contributed by atoms with Crippen LogP contribution in [0.3, 0.4) is 0 Å². The molecule has 0 bridgehead atoms. The van der Waals surface area contributed by atoms with Crippen molar-refractivity contribution in [2.45, 2.75) is 19.3 Å². The predicted octanol–water partition coefficient (Wildman–Crippen LogP) is 1.35. The SMILES string of the molecule is FC(F)(F)c1nnc2n1CCN(CCCl)C2. The minimum atomic E-state index is -4.43. The van der Waals surface area contributed by atoms with Crippen molar-refractivity contribution in [3.63, 3.8) is 0 Å². The van der Waals surface area contributed by atoms with Gasteiger partial charge >= 0.3 is 6.18 Å². The maximum atomic E-state index is 12.5. The van der Waals surface area contributed by atoms with Gasteiger partial charge in [-0.1, -0.05) is 0 Å². The number of hydrogen-bond acceptors (Lipinski definition) is 3. The molecule has 0 aliphatic carbocycles. The van der Waals surface area contributed by atoms with Crippen molar-refractivity contribution in [2.24, 2.45) is 0 Å². The Morgan fingerprint density at radius 2 is 2.00 bits per heavy atom. The van der Waals surface area contributed by atoms with E-state index in [0.29, 0.717) is 31.3 Å². The van der Waals surface area contributed by atoms with Gasteiger partial charge in [-0.3, -0.25) is 4.90 Å². The Labute approximate surface area is 95.0 Å². The third kappa shape index (κ3) is 2.15. The molecule has 0 N–H and O–H groups in total. The standard InChI is InChI=1S/C8H10ClF3N4/c9-1-2-15-3-4-16-6(5-15)13-14-7(16)8(10,11)12/h1-5H2. The van der Waals surface area contributed by atoms with Gasteiger partial charge in [0.15, 0.2) is 0 Å². The molecule has 0 radical (unpaired) electrons. The summed E-state index contributed by atoms with van der Waals surface area (Å²) in [4.78, 5) is 1.96. The Morgan fingerprint density at radius 1 is 1.25 bits per heavy atom. The highest BCUT2D eigenvalue weighted by atomic mass is 35.5. The highest BCUT2D eigenvalue weighted by Gasteiger charge is 2.39. The Morgan fingerprint density at radius 3 is 2.62 bits per heavy atom. The van der Waals surface area contributed by atoms with E-state index in [4.69, 9.17) is 11.6 Å². The Bertz CT molecular complexity index is 376. The minimum absolute atomic E-state index is 0.258. The monoisotopic (exact) mass is 254 g/mol. The third-order valence-corrected chi connectivity index (χ3v) is 2.66. The number of rotatable bonds is 2. The van der Waals surface area contributed by atoms with Gasteiger partial charge in [-0.2, -0.15) is 13.2 Å². The lowest BCUT2D eigenvalue weighted by atomic mass is 10.3. The number of aromatic nitrogens is 3. The summed E-state index contributed by atoms with van der Waals surface area (Å²) in [5, 5.41) is 6.76. The Balaban J connectivity index is 2.20. The van der Waals surface area contributed by atoms with Crippen molar-refractivity contribution >= 4 is 11.6 Å². The maximum Gasteiger partial charge on any atom is 0.451 e. The fourth-order valence-electron chi connectivity index (χ4n) is 1.73. The van der Waals surface area contributed by atoms with Gasteiger partial charge in [0, 0.05) is 25.5 Å². The van der Waals surface area contributed by atoms with E-state index in [1.807, 2.05) is 4.90 Å². The fourth-order valence-corrected chi connectivity index (χ4v) is 1.97. The first-order valence-corrected chi connectivity index (χ1v) is 5.33. The summed E-state index contributed by atoms with van der Waals surface area (Å²) < 4.78 is 38.6. The number of halogens is 4. The van der Waals surface area contributed by atoms with Gasteiger partial charge in [0.05, 0.1) is 6.54 Å². The zero-order valence-corrected chi connectivity index (χ0v) is 9.09. The first-order chi connectivity index (χ1) is 7.52. The molecule has 0 spiro atoms. The largest absolute Gasteiger partial charge is 0.451 e. The van der Waals surface area contributed by atoms with Crippen LogP contribution in [0.25, 0.3) is 0 Å². The zero-order chi connectivity index (χ0) is 11.8. The number of nitrogens with zero attached hydrogens (tertiary/aromatic N) is 4. The first-order valence-electron chi connectivity index (χ1n) is 4.80. The highest BCUT2D eigenvalue weighted by molar-refractivity contribution is 6.18. The molecule has 0 unspecified atom stereocenters. The van der Waals surface area contributed by atoms with Crippen LogP contribution in [-0.2, 0) is 19.3 Å². The van der Waals surface area contributed by atoms with Gasteiger partial charge in [-0.15, -0.1) is 21.8 Å². The van der Waals surface area contributed by atoms with Crippen molar-refractivity contribution in [1.82, 2.24) is 19.7 Å². The Kier molecular flexibility index (Phi) is 3.07. The van der Waals surface area contributed by atoms with Crippen LogP contribution in [0, 0.1) is 0 Å². The molecule has 2 heterocycles. The molecular weight excluding hydrogens is 245 g/mol. The van der Waals surface area contributed by atoms with Crippen molar-refractivity contribution in [2.75, 3.05) is 19.0 Å². The molecule has 0 amide bonds. The maximum absolute atomic E-state index is 12.5. The fraction of sp³-hybridized carbons (Fsp3) is 0.750. The van der Waals surface area contributed by atoms with E-state index in [1.54, 1.807) is 0 Å². The molecule has 0 saturated heterocycles. The van der Waals surface area contributed by atoms with Crippen LogP contribution in [0.5, 0.6) is 0 Å². The smallest absolute Gasteiger partial charge is 0.305 e. The first kappa shape index (κ1) is 11.7. The molecule has 4 nitrogen and oxygen atoms in total. The van der Waals surface area contributed by atoms with Crippen LogP contribution in [0.2, 0.25) is 0 Å². The van der Waals surface area contributed by atoms with E-state index < -0.39 is 12.0 Å². The lowest BCUT2D eigenvalue weighted by Gasteiger charge is -2.26. The molecule has 16 heavy (non-hydrogen) atoms. The van der Waals surface area contributed by atoms with E-state index in [-0.39, 0.29) is 6.54 Å². The van der Waals surface area contributed by atoms with E-state index in [9.17, 15) is 13.2 Å². The van der Waals surface area contributed by atoms with Gasteiger partial charge in [0.25, 0.3) is 0 Å². The quantitative estimate of drug-likeness (QED) is 0.747. The van der Waals surface area contributed by atoms with Gasteiger partial charge in [-0.25, -0.2) is 0 Å². The second kappa shape index (κ2) is 4.21. The number of alkyl halides is 4. The van der Waals surface area contributed by atoms with E-state index in [0.717, 1.165) is 4.57 Å². The highest BCUT2D eigenvalue weighted by Crippen LogP contribution is 2.29. The summed E-state index contributed by atoms with van der Waals surface area (Å²) >= 11 is 5.58. The number of hydrogen-bond donors (Lipinski definition) is 0. The molecule has 1 aromatic rings. The van der Waals surface area contributed by atoms with E-state index in [1.165, 1.54) is 0 Å². The number of fused-ring (bicyclic) bond motifs is 1. The lowest BCUT2D eigenvalue weighted by molar-refractivity contribution is -0.148.